The zero-order chi connectivity index (χ0) is 23.7. The molecule has 9 heteroatoms. The number of fused-ring (bicyclic) bond motifs is 1. The van der Waals surface area contributed by atoms with E-state index < -0.39 is 58.6 Å². The van der Waals surface area contributed by atoms with Crippen molar-refractivity contribution in [1.82, 2.24) is 0 Å². The van der Waals surface area contributed by atoms with Crippen LogP contribution in [0, 0.1) is 28.6 Å². The minimum atomic E-state index is -1.02. The minimum Gasteiger partial charge on any atom is -0.472 e. The maximum atomic E-state index is 13.3. The van der Waals surface area contributed by atoms with E-state index in [9.17, 15) is 19.2 Å². The Bertz CT molecular complexity index is 876. The van der Waals surface area contributed by atoms with E-state index in [2.05, 4.69) is 0 Å². The monoisotopic (exact) mass is 450 g/mol. The Balaban J connectivity index is 2.10. The molecule has 0 radical (unpaired) electrons. The van der Waals surface area contributed by atoms with Crippen LogP contribution in [0.3, 0.4) is 0 Å². The maximum absolute atomic E-state index is 13.3. The summed E-state index contributed by atoms with van der Waals surface area (Å²) in [5, 5.41) is 0. The van der Waals surface area contributed by atoms with Crippen molar-refractivity contribution in [3.05, 3.63) is 24.2 Å². The highest BCUT2D eigenvalue weighted by molar-refractivity contribution is 5.84. The van der Waals surface area contributed by atoms with Crippen LogP contribution in [-0.2, 0) is 38.1 Å². The third-order valence-electron chi connectivity index (χ3n) is 7.49. The molecule has 176 valence electrons. The van der Waals surface area contributed by atoms with Gasteiger partial charge in [0.2, 0.25) is 0 Å². The molecule has 1 aromatic rings. The lowest BCUT2D eigenvalue weighted by molar-refractivity contribution is -0.206. The fourth-order valence-electron chi connectivity index (χ4n) is 5.85. The molecule has 0 amide bonds. The summed E-state index contributed by atoms with van der Waals surface area (Å²) in [4.78, 5) is 51.3. The SMILES string of the molecule is COC(=O)C[C@@H](C(=O)OC)[C@]1(C)CC[C@H]2C(=O)O[C@H](c3ccoc3)C[C@]2(C)[C@@H]1C(=O)OC. The summed E-state index contributed by atoms with van der Waals surface area (Å²) in [7, 11) is 3.75. The second-order valence-electron chi connectivity index (χ2n) is 9.10. The van der Waals surface area contributed by atoms with Crippen LogP contribution in [0.5, 0.6) is 0 Å². The molecule has 2 heterocycles. The molecule has 6 atom stereocenters. The van der Waals surface area contributed by atoms with E-state index in [1.165, 1.54) is 33.9 Å². The van der Waals surface area contributed by atoms with Gasteiger partial charge in [0.25, 0.3) is 0 Å². The van der Waals surface area contributed by atoms with Crippen molar-refractivity contribution in [1.29, 1.82) is 0 Å². The number of rotatable bonds is 6. The van der Waals surface area contributed by atoms with Crippen LogP contribution in [0.1, 0.15) is 51.2 Å². The molecule has 0 N–H and O–H groups in total. The van der Waals surface area contributed by atoms with Crippen molar-refractivity contribution in [2.75, 3.05) is 21.3 Å². The van der Waals surface area contributed by atoms with E-state index in [-0.39, 0.29) is 6.42 Å². The summed E-state index contributed by atoms with van der Waals surface area (Å²) in [5.41, 5.74) is -1.22. The lowest BCUT2D eigenvalue weighted by Crippen LogP contribution is -2.60. The normalized spacial score (nSPS) is 32.8. The highest BCUT2D eigenvalue weighted by atomic mass is 16.5. The second kappa shape index (κ2) is 8.96. The fourth-order valence-corrected chi connectivity index (χ4v) is 5.85. The van der Waals surface area contributed by atoms with Gasteiger partial charge in [0.1, 0.15) is 6.10 Å². The summed E-state index contributed by atoms with van der Waals surface area (Å²) >= 11 is 0. The number of carbonyl (C=O) groups is 4. The van der Waals surface area contributed by atoms with Gasteiger partial charge in [0.05, 0.1) is 58.0 Å². The van der Waals surface area contributed by atoms with Crippen LogP contribution in [0.2, 0.25) is 0 Å². The Kier molecular flexibility index (Phi) is 6.67. The van der Waals surface area contributed by atoms with Crippen molar-refractivity contribution >= 4 is 23.9 Å². The molecule has 0 unspecified atom stereocenters. The quantitative estimate of drug-likeness (QED) is 0.476. The number of methoxy groups -OCH3 is 3. The van der Waals surface area contributed by atoms with Crippen LogP contribution in [-0.4, -0.2) is 45.2 Å². The highest BCUT2D eigenvalue weighted by Gasteiger charge is 2.65. The smallest absolute Gasteiger partial charge is 0.310 e. The van der Waals surface area contributed by atoms with E-state index in [0.29, 0.717) is 24.8 Å². The number of esters is 4. The summed E-state index contributed by atoms with van der Waals surface area (Å²) < 4.78 is 25.8. The molecule has 1 aliphatic heterocycles. The predicted octanol–water partition coefficient (Wildman–Crippen LogP) is 2.83. The topological polar surface area (TPSA) is 118 Å². The standard InChI is InChI=1S/C23H30O9/c1-22(15(19(25)29-4)10-17(24)28-3)8-6-14-20(26)32-16(13-7-9-31-12-13)11-23(14,2)18(22)21(27)30-5/h7,9,12,14-16,18H,6,8,10-11H2,1-5H3/t14-,15-,16-,18+,22-,23-/m0/s1. The van der Waals surface area contributed by atoms with Crippen molar-refractivity contribution in [2.24, 2.45) is 28.6 Å². The van der Waals surface area contributed by atoms with Crippen LogP contribution < -0.4 is 0 Å². The van der Waals surface area contributed by atoms with Crippen LogP contribution >= 0.6 is 0 Å². The summed E-state index contributed by atoms with van der Waals surface area (Å²) in [5.74, 6) is -4.51. The first-order chi connectivity index (χ1) is 15.1. The number of cyclic esters (lactones) is 1. The molecule has 9 nitrogen and oxygen atoms in total. The Morgan fingerprint density at radius 3 is 2.44 bits per heavy atom. The highest BCUT2D eigenvalue weighted by Crippen LogP contribution is 2.63. The summed E-state index contributed by atoms with van der Waals surface area (Å²) in [6.45, 7) is 3.64. The van der Waals surface area contributed by atoms with Gasteiger partial charge in [0.15, 0.2) is 0 Å². The van der Waals surface area contributed by atoms with Gasteiger partial charge in [-0.3, -0.25) is 19.2 Å². The van der Waals surface area contributed by atoms with Crippen LogP contribution in [0.15, 0.2) is 23.0 Å². The molecule has 32 heavy (non-hydrogen) atoms. The van der Waals surface area contributed by atoms with Gasteiger partial charge in [-0.2, -0.15) is 0 Å². The van der Waals surface area contributed by atoms with E-state index in [1.54, 1.807) is 13.0 Å². The number of furan rings is 1. The van der Waals surface area contributed by atoms with Crippen LogP contribution in [0.4, 0.5) is 0 Å². The van der Waals surface area contributed by atoms with Gasteiger partial charge in [-0.05, 0) is 36.2 Å². The largest absolute Gasteiger partial charge is 0.472 e. The molecule has 1 saturated heterocycles. The van der Waals surface area contributed by atoms with Gasteiger partial charge in [-0.15, -0.1) is 0 Å². The van der Waals surface area contributed by atoms with Crippen molar-refractivity contribution in [3.8, 4) is 0 Å². The molecule has 2 fully saturated rings. The first-order valence-corrected chi connectivity index (χ1v) is 10.6. The minimum absolute atomic E-state index is 0.247. The summed E-state index contributed by atoms with van der Waals surface area (Å²) in [6, 6.07) is 1.71. The summed E-state index contributed by atoms with van der Waals surface area (Å²) in [6.07, 6.45) is 3.21. The van der Waals surface area contributed by atoms with Crippen molar-refractivity contribution in [3.63, 3.8) is 0 Å². The van der Waals surface area contributed by atoms with Gasteiger partial charge in [-0.25, -0.2) is 0 Å². The number of ether oxygens (including phenoxy) is 4. The number of carbonyl (C=O) groups excluding carboxylic acids is 4. The Morgan fingerprint density at radius 1 is 1.16 bits per heavy atom. The molecule has 1 aliphatic carbocycles. The molecular weight excluding hydrogens is 420 g/mol. The van der Waals surface area contributed by atoms with E-state index in [0.717, 1.165) is 0 Å². The first kappa shape index (κ1) is 23.8. The third-order valence-corrected chi connectivity index (χ3v) is 7.49. The molecular formula is C23H30O9. The van der Waals surface area contributed by atoms with Crippen molar-refractivity contribution < 1.29 is 42.5 Å². The van der Waals surface area contributed by atoms with E-state index in [1.807, 2.05) is 6.92 Å². The molecule has 2 aliphatic rings. The molecule has 1 saturated carbocycles. The lowest BCUT2D eigenvalue weighted by Gasteiger charge is -2.57. The van der Waals surface area contributed by atoms with Gasteiger partial charge in [-0.1, -0.05) is 13.8 Å². The Labute approximate surface area is 186 Å². The van der Waals surface area contributed by atoms with Crippen LogP contribution in [0.25, 0.3) is 0 Å². The lowest BCUT2D eigenvalue weighted by atomic mass is 9.46. The Hall–Kier alpha value is -2.84. The maximum Gasteiger partial charge on any atom is 0.310 e. The zero-order valence-electron chi connectivity index (χ0n) is 19.0. The number of hydrogen-bond donors (Lipinski definition) is 0. The second-order valence-corrected chi connectivity index (χ2v) is 9.10. The van der Waals surface area contributed by atoms with Gasteiger partial charge in [0, 0.05) is 5.56 Å². The Morgan fingerprint density at radius 2 is 1.88 bits per heavy atom. The first-order valence-electron chi connectivity index (χ1n) is 10.6. The molecule has 0 bridgehead atoms. The van der Waals surface area contributed by atoms with E-state index >= 15 is 0 Å². The molecule has 3 rings (SSSR count). The molecule has 1 aromatic heterocycles. The van der Waals surface area contributed by atoms with Crippen molar-refractivity contribution in [2.45, 2.75) is 45.6 Å². The molecule has 0 spiro atoms. The third kappa shape index (κ3) is 3.89. The average molecular weight is 450 g/mol. The average Bonchev–Trinajstić information content (AvgIpc) is 3.30. The molecule has 0 aromatic carbocycles. The van der Waals surface area contributed by atoms with Gasteiger partial charge < -0.3 is 23.4 Å². The zero-order valence-corrected chi connectivity index (χ0v) is 19.0. The number of hydrogen-bond acceptors (Lipinski definition) is 9. The van der Waals surface area contributed by atoms with Gasteiger partial charge >= 0.3 is 23.9 Å². The fraction of sp³-hybridized carbons (Fsp3) is 0.652. The van der Waals surface area contributed by atoms with E-state index in [4.69, 9.17) is 23.4 Å². The predicted molar refractivity (Wildman–Crippen MR) is 109 cm³/mol.